The molecule has 1 aliphatic carbocycles. The van der Waals surface area contributed by atoms with Crippen LogP contribution in [-0.2, 0) is 0 Å². The van der Waals surface area contributed by atoms with Gasteiger partial charge in [0, 0.05) is 12.2 Å². The maximum Gasteiger partial charge on any atom is 0.273 e. The molecule has 4 heteroatoms. The predicted molar refractivity (Wildman–Crippen MR) is 58.6 cm³/mol. The highest BCUT2D eigenvalue weighted by Crippen LogP contribution is 2.27. The van der Waals surface area contributed by atoms with Crippen LogP contribution in [0, 0.1) is 0 Å². The third kappa shape index (κ3) is 2.04. The van der Waals surface area contributed by atoms with Crippen LogP contribution >= 0.6 is 0 Å². The van der Waals surface area contributed by atoms with Crippen LogP contribution in [-0.4, -0.2) is 15.8 Å². The quantitative estimate of drug-likeness (QED) is 0.720. The molecule has 2 rings (SSSR count). The van der Waals surface area contributed by atoms with Crippen LogP contribution in [0.4, 0.5) is 5.69 Å². The molecule has 1 aromatic rings. The van der Waals surface area contributed by atoms with E-state index in [2.05, 4.69) is 0 Å². The summed E-state index contributed by atoms with van der Waals surface area (Å²) < 4.78 is 1.70. The zero-order chi connectivity index (χ0) is 10.8. The fraction of sp³-hybridized carbons (Fsp3) is 0.545. The molecule has 0 aliphatic heterocycles. The van der Waals surface area contributed by atoms with Crippen LogP contribution in [0.15, 0.2) is 23.1 Å². The number of pyridine rings is 1. The number of nitrogen functional groups attached to an aromatic ring is 1. The van der Waals surface area contributed by atoms with Crippen molar-refractivity contribution in [3.8, 4) is 0 Å². The second-order valence-electron chi connectivity index (χ2n) is 4.14. The van der Waals surface area contributed by atoms with Crippen molar-refractivity contribution >= 4 is 5.69 Å². The molecule has 82 valence electrons. The zero-order valence-corrected chi connectivity index (χ0v) is 8.60. The van der Waals surface area contributed by atoms with Crippen LogP contribution in [0.5, 0.6) is 0 Å². The van der Waals surface area contributed by atoms with Gasteiger partial charge in [-0.15, -0.1) is 0 Å². The van der Waals surface area contributed by atoms with Crippen molar-refractivity contribution in [2.45, 2.75) is 37.8 Å². The second-order valence-corrected chi connectivity index (χ2v) is 4.14. The lowest BCUT2D eigenvalue weighted by molar-refractivity contribution is 0.110. The van der Waals surface area contributed by atoms with E-state index in [-0.39, 0.29) is 17.7 Å². The number of rotatable bonds is 1. The van der Waals surface area contributed by atoms with E-state index in [1.807, 2.05) is 0 Å². The van der Waals surface area contributed by atoms with Gasteiger partial charge < -0.3 is 15.4 Å². The Morgan fingerprint density at radius 3 is 2.67 bits per heavy atom. The summed E-state index contributed by atoms with van der Waals surface area (Å²) in [6.45, 7) is 0. The van der Waals surface area contributed by atoms with Gasteiger partial charge in [-0.1, -0.05) is 0 Å². The summed E-state index contributed by atoms with van der Waals surface area (Å²) in [5.74, 6) is 0. The molecule has 0 spiro atoms. The first-order valence-corrected chi connectivity index (χ1v) is 5.33. The van der Waals surface area contributed by atoms with E-state index >= 15 is 0 Å². The third-order valence-electron chi connectivity index (χ3n) is 3.06. The molecule has 1 fully saturated rings. The molecule has 4 nitrogen and oxygen atoms in total. The van der Waals surface area contributed by atoms with Crippen molar-refractivity contribution in [1.29, 1.82) is 0 Å². The number of anilines is 1. The third-order valence-corrected chi connectivity index (χ3v) is 3.06. The summed E-state index contributed by atoms with van der Waals surface area (Å²) in [7, 11) is 0. The lowest BCUT2D eigenvalue weighted by Crippen LogP contribution is -2.29. The molecule has 0 saturated heterocycles. The van der Waals surface area contributed by atoms with E-state index in [1.165, 1.54) is 0 Å². The maximum absolute atomic E-state index is 11.7. The van der Waals surface area contributed by atoms with Crippen LogP contribution < -0.4 is 11.3 Å². The molecule has 15 heavy (non-hydrogen) atoms. The molecular formula is C11H16N2O2. The number of nitrogens with zero attached hydrogens (tertiary/aromatic N) is 1. The van der Waals surface area contributed by atoms with Gasteiger partial charge in [0.25, 0.3) is 5.56 Å². The Morgan fingerprint density at radius 2 is 2.00 bits per heavy atom. The number of aliphatic hydroxyl groups excluding tert-OH is 1. The minimum atomic E-state index is -0.196. The molecule has 0 bridgehead atoms. The van der Waals surface area contributed by atoms with Gasteiger partial charge in [-0.05, 0) is 37.8 Å². The lowest BCUT2D eigenvalue weighted by atomic mass is 9.93. The molecule has 3 N–H and O–H groups in total. The van der Waals surface area contributed by atoms with Crippen LogP contribution in [0.3, 0.4) is 0 Å². The van der Waals surface area contributed by atoms with Gasteiger partial charge in [0.15, 0.2) is 0 Å². The second kappa shape index (κ2) is 4.06. The van der Waals surface area contributed by atoms with Gasteiger partial charge in [0.1, 0.15) is 0 Å². The number of hydrogen-bond donors (Lipinski definition) is 2. The Hall–Kier alpha value is -1.29. The van der Waals surface area contributed by atoms with Gasteiger partial charge in [-0.3, -0.25) is 4.79 Å². The summed E-state index contributed by atoms with van der Waals surface area (Å²) in [5.41, 5.74) is 5.75. The minimum absolute atomic E-state index is 0.112. The summed E-state index contributed by atoms with van der Waals surface area (Å²) in [4.78, 5) is 11.7. The monoisotopic (exact) mass is 208 g/mol. The minimum Gasteiger partial charge on any atom is -0.394 e. The van der Waals surface area contributed by atoms with E-state index in [1.54, 1.807) is 22.9 Å². The summed E-state index contributed by atoms with van der Waals surface area (Å²) >= 11 is 0. The van der Waals surface area contributed by atoms with Gasteiger partial charge in [0.05, 0.1) is 11.8 Å². The fourth-order valence-electron chi connectivity index (χ4n) is 2.15. The fourth-order valence-corrected chi connectivity index (χ4v) is 2.15. The van der Waals surface area contributed by atoms with E-state index in [4.69, 9.17) is 5.73 Å². The molecular weight excluding hydrogens is 192 g/mol. The van der Waals surface area contributed by atoms with Crippen molar-refractivity contribution in [2.75, 3.05) is 5.73 Å². The molecule has 1 saturated carbocycles. The molecule has 0 radical (unpaired) electrons. The Bertz CT molecular complexity index is 392. The van der Waals surface area contributed by atoms with Crippen molar-refractivity contribution in [1.82, 2.24) is 4.57 Å². The summed E-state index contributed by atoms with van der Waals surface area (Å²) in [6.07, 6.45) is 4.83. The average Bonchev–Trinajstić information content (AvgIpc) is 2.24. The summed E-state index contributed by atoms with van der Waals surface area (Å²) in [5, 5.41) is 9.39. The van der Waals surface area contributed by atoms with Gasteiger partial charge in [-0.2, -0.15) is 0 Å². The number of aliphatic hydroxyl groups is 1. The molecule has 1 heterocycles. The Morgan fingerprint density at radius 1 is 1.33 bits per heavy atom. The standard InChI is InChI=1S/C11H16N2O2/c12-10-2-1-7-13(11(10)15)8-3-5-9(14)6-4-8/h1-2,7-9,14H,3-6,12H2. The molecule has 1 aliphatic rings. The summed E-state index contributed by atoms with van der Waals surface area (Å²) in [6, 6.07) is 3.61. The van der Waals surface area contributed by atoms with E-state index in [0.29, 0.717) is 5.69 Å². The van der Waals surface area contributed by atoms with Crippen molar-refractivity contribution in [2.24, 2.45) is 0 Å². The van der Waals surface area contributed by atoms with Crippen LogP contribution in [0.2, 0.25) is 0 Å². The molecule has 0 atom stereocenters. The molecule has 0 aromatic carbocycles. The molecule has 1 aromatic heterocycles. The SMILES string of the molecule is Nc1cccn(C2CCC(O)CC2)c1=O. The van der Waals surface area contributed by atoms with Gasteiger partial charge in [-0.25, -0.2) is 0 Å². The molecule has 0 amide bonds. The number of nitrogens with two attached hydrogens (primary N) is 1. The average molecular weight is 208 g/mol. The topological polar surface area (TPSA) is 68.2 Å². The van der Waals surface area contributed by atoms with Crippen LogP contribution in [0.25, 0.3) is 0 Å². The van der Waals surface area contributed by atoms with Crippen molar-refractivity contribution in [3.05, 3.63) is 28.7 Å². The number of aromatic nitrogens is 1. The van der Waals surface area contributed by atoms with Crippen molar-refractivity contribution in [3.63, 3.8) is 0 Å². The van der Waals surface area contributed by atoms with Gasteiger partial charge in [0.2, 0.25) is 0 Å². The lowest BCUT2D eigenvalue weighted by Gasteiger charge is -2.27. The largest absolute Gasteiger partial charge is 0.394 e. The first-order valence-electron chi connectivity index (χ1n) is 5.33. The van der Waals surface area contributed by atoms with Gasteiger partial charge >= 0.3 is 0 Å². The first kappa shape index (κ1) is 10.2. The first-order chi connectivity index (χ1) is 7.18. The van der Waals surface area contributed by atoms with Crippen LogP contribution in [0.1, 0.15) is 31.7 Å². The Labute approximate surface area is 88.3 Å². The highest BCUT2D eigenvalue weighted by atomic mass is 16.3. The highest BCUT2D eigenvalue weighted by Gasteiger charge is 2.21. The zero-order valence-electron chi connectivity index (χ0n) is 8.60. The smallest absolute Gasteiger partial charge is 0.273 e. The Balaban J connectivity index is 2.23. The maximum atomic E-state index is 11.7. The van der Waals surface area contributed by atoms with E-state index in [9.17, 15) is 9.90 Å². The Kier molecular flexibility index (Phi) is 2.77. The van der Waals surface area contributed by atoms with E-state index in [0.717, 1.165) is 25.7 Å². The predicted octanol–water partition coefficient (Wildman–Crippen LogP) is 0.906. The molecule has 0 unspecified atom stereocenters. The normalized spacial score (nSPS) is 26.5. The van der Waals surface area contributed by atoms with E-state index < -0.39 is 0 Å². The van der Waals surface area contributed by atoms with Crippen molar-refractivity contribution < 1.29 is 5.11 Å². The number of hydrogen-bond acceptors (Lipinski definition) is 3. The highest BCUT2D eigenvalue weighted by molar-refractivity contribution is 5.33.